The van der Waals surface area contributed by atoms with Gasteiger partial charge in [-0.25, -0.2) is 0 Å². The SMILES string of the molecule is CCc1ccc(C(=O)CCC(=O)NNC(=O)C(C)Oc2cccc(C)c2C)cc1. The maximum atomic E-state index is 12.2. The molecular formula is C23H28N2O4. The van der Waals surface area contributed by atoms with Crippen LogP contribution in [0.25, 0.3) is 0 Å². The molecule has 0 radical (unpaired) electrons. The molecule has 6 heteroatoms. The molecular weight excluding hydrogens is 368 g/mol. The highest BCUT2D eigenvalue weighted by Gasteiger charge is 2.17. The Morgan fingerprint density at radius 2 is 1.66 bits per heavy atom. The van der Waals surface area contributed by atoms with Gasteiger partial charge in [0.25, 0.3) is 5.91 Å². The monoisotopic (exact) mass is 396 g/mol. The van der Waals surface area contributed by atoms with E-state index < -0.39 is 17.9 Å². The average molecular weight is 396 g/mol. The van der Waals surface area contributed by atoms with E-state index in [1.807, 2.05) is 45.0 Å². The van der Waals surface area contributed by atoms with Crippen molar-refractivity contribution in [2.24, 2.45) is 0 Å². The molecule has 0 fully saturated rings. The number of hydrazine groups is 1. The molecule has 0 saturated carbocycles. The Kier molecular flexibility index (Phi) is 7.95. The van der Waals surface area contributed by atoms with E-state index in [-0.39, 0.29) is 18.6 Å². The molecule has 6 nitrogen and oxygen atoms in total. The highest BCUT2D eigenvalue weighted by Crippen LogP contribution is 2.21. The van der Waals surface area contributed by atoms with Crippen molar-refractivity contribution in [2.75, 3.05) is 0 Å². The quantitative estimate of drug-likeness (QED) is 0.529. The molecule has 0 saturated heterocycles. The summed E-state index contributed by atoms with van der Waals surface area (Å²) in [5, 5.41) is 0. The third kappa shape index (κ3) is 6.45. The second-order valence-corrected chi connectivity index (χ2v) is 6.97. The minimum Gasteiger partial charge on any atom is -0.481 e. The number of Topliss-reactive ketones (excluding diaryl/α,β-unsaturated/α-hetero) is 1. The van der Waals surface area contributed by atoms with Crippen molar-refractivity contribution in [1.29, 1.82) is 0 Å². The number of rotatable bonds is 8. The van der Waals surface area contributed by atoms with Gasteiger partial charge < -0.3 is 4.74 Å². The van der Waals surface area contributed by atoms with Gasteiger partial charge in [0.1, 0.15) is 5.75 Å². The fourth-order valence-corrected chi connectivity index (χ4v) is 2.69. The van der Waals surface area contributed by atoms with Gasteiger partial charge in [-0.2, -0.15) is 0 Å². The molecule has 2 aromatic rings. The predicted octanol–water partition coefficient (Wildman–Crippen LogP) is 3.44. The Morgan fingerprint density at radius 3 is 2.31 bits per heavy atom. The van der Waals surface area contributed by atoms with Crippen LogP contribution in [0.5, 0.6) is 5.75 Å². The second-order valence-electron chi connectivity index (χ2n) is 6.97. The number of hydrogen-bond donors (Lipinski definition) is 2. The van der Waals surface area contributed by atoms with Crippen LogP contribution in [0.2, 0.25) is 0 Å². The van der Waals surface area contributed by atoms with E-state index in [4.69, 9.17) is 4.74 Å². The first-order valence-electron chi connectivity index (χ1n) is 9.75. The predicted molar refractivity (Wildman–Crippen MR) is 112 cm³/mol. The number of carbonyl (C=O) groups is 3. The van der Waals surface area contributed by atoms with Crippen molar-refractivity contribution in [3.8, 4) is 5.75 Å². The summed E-state index contributed by atoms with van der Waals surface area (Å²) in [7, 11) is 0. The topological polar surface area (TPSA) is 84.5 Å². The molecule has 0 aliphatic heterocycles. The van der Waals surface area contributed by atoms with Gasteiger partial charge in [0, 0.05) is 18.4 Å². The molecule has 0 aliphatic carbocycles. The Morgan fingerprint density at radius 1 is 0.966 bits per heavy atom. The minimum absolute atomic E-state index is 0.0130. The standard InChI is InChI=1S/C23H28N2O4/c1-5-18-9-11-19(12-10-18)20(26)13-14-22(27)24-25-23(28)17(4)29-21-8-6-7-15(2)16(21)3/h6-12,17H,5,13-14H2,1-4H3,(H,24,27)(H,25,28). The molecule has 2 rings (SSSR count). The van der Waals surface area contributed by atoms with Crippen LogP contribution in [0.4, 0.5) is 0 Å². The van der Waals surface area contributed by atoms with Crippen molar-refractivity contribution in [1.82, 2.24) is 10.9 Å². The summed E-state index contributed by atoms with van der Waals surface area (Å²) >= 11 is 0. The zero-order valence-corrected chi connectivity index (χ0v) is 17.4. The molecule has 0 bridgehead atoms. The summed E-state index contributed by atoms with van der Waals surface area (Å²) in [5.74, 6) is -0.393. The average Bonchev–Trinajstić information content (AvgIpc) is 2.73. The number of ether oxygens (including phenoxy) is 1. The highest BCUT2D eigenvalue weighted by atomic mass is 16.5. The van der Waals surface area contributed by atoms with Crippen LogP contribution >= 0.6 is 0 Å². The van der Waals surface area contributed by atoms with Gasteiger partial charge in [-0.05, 0) is 49.9 Å². The van der Waals surface area contributed by atoms with Crippen LogP contribution in [-0.4, -0.2) is 23.7 Å². The van der Waals surface area contributed by atoms with Crippen LogP contribution < -0.4 is 15.6 Å². The van der Waals surface area contributed by atoms with E-state index in [2.05, 4.69) is 10.9 Å². The zero-order chi connectivity index (χ0) is 21.4. The van der Waals surface area contributed by atoms with Gasteiger partial charge in [-0.3, -0.25) is 25.2 Å². The molecule has 2 aromatic carbocycles. The lowest BCUT2D eigenvalue weighted by molar-refractivity contribution is -0.132. The van der Waals surface area contributed by atoms with E-state index in [0.717, 1.165) is 23.1 Å². The maximum absolute atomic E-state index is 12.2. The normalized spacial score (nSPS) is 11.4. The van der Waals surface area contributed by atoms with Gasteiger partial charge >= 0.3 is 0 Å². The van der Waals surface area contributed by atoms with Crippen molar-refractivity contribution >= 4 is 17.6 Å². The van der Waals surface area contributed by atoms with Crippen molar-refractivity contribution in [3.05, 3.63) is 64.7 Å². The minimum atomic E-state index is -0.783. The number of carbonyl (C=O) groups excluding carboxylic acids is 3. The number of benzene rings is 2. The molecule has 154 valence electrons. The molecule has 2 amide bonds. The van der Waals surface area contributed by atoms with Crippen molar-refractivity contribution in [3.63, 3.8) is 0 Å². The third-order valence-electron chi connectivity index (χ3n) is 4.82. The summed E-state index contributed by atoms with van der Waals surface area (Å²) in [6.45, 7) is 7.53. The van der Waals surface area contributed by atoms with E-state index in [1.165, 1.54) is 0 Å². The number of ketones is 1. The van der Waals surface area contributed by atoms with Gasteiger partial charge in [0.2, 0.25) is 5.91 Å². The van der Waals surface area contributed by atoms with Gasteiger partial charge in [0.05, 0.1) is 0 Å². The molecule has 0 aromatic heterocycles. The van der Waals surface area contributed by atoms with Gasteiger partial charge in [-0.1, -0.05) is 43.3 Å². The van der Waals surface area contributed by atoms with Gasteiger partial charge in [0.15, 0.2) is 11.9 Å². The van der Waals surface area contributed by atoms with Crippen molar-refractivity contribution in [2.45, 2.75) is 53.1 Å². The van der Waals surface area contributed by atoms with E-state index in [9.17, 15) is 14.4 Å². The smallest absolute Gasteiger partial charge is 0.279 e. The van der Waals surface area contributed by atoms with Crippen molar-refractivity contribution < 1.29 is 19.1 Å². The van der Waals surface area contributed by atoms with Crippen LogP contribution in [0.3, 0.4) is 0 Å². The fourth-order valence-electron chi connectivity index (χ4n) is 2.69. The van der Waals surface area contributed by atoms with Gasteiger partial charge in [-0.15, -0.1) is 0 Å². The number of aryl methyl sites for hydroxylation is 2. The summed E-state index contributed by atoms with van der Waals surface area (Å²) in [6, 6.07) is 13.0. The van der Waals surface area contributed by atoms with Crippen LogP contribution in [0.1, 0.15) is 53.7 Å². The first kappa shape index (κ1) is 22.1. The van der Waals surface area contributed by atoms with Crippen LogP contribution in [-0.2, 0) is 16.0 Å². The summed E-state index contributed by atoms with van der Waals surface area (Å²) in [4.78, 5) is 36.3. The number of amides is 2. The fraction of sp³-hybridized carbons (Fsp3) is 0.348. The second kappa shape index (κ2) is 10.4. The summed E-state index contributed by atoms with van der Waals surface area (Å²) in [5.41, 5.74) is 8.43. The maximum Gasteiger partial charge on any atom is 0.279 e. The lowest BCUT2D eigenvalue weighted by Crippen LogP contribution is -2.47. The Labute approximate surface area is 171 Å². The Hall–Kier alpha value is -3.15. The van der Waals surface area contributed by atoms with Crippen LogP contribution in [0, 0.1) is 13.8 Å². The number of nitrogens with one attached hydrogen (secondary N) is 2. The zero-order valence-electron chi connectivity index (χ0n) is 17.4. The molecule has 1 atom stereocenters. The first-order valence-corrected chi connectivity index (χ1v) is 9.75. The Balaban J connectivity index is 1.76. The van der Waals surface area contributed by atoms with E-state index >= 15 is 0 Å². The largest absolute Gasteiger partial charge is 0.481 e. The highest BCUT2D eigenvalue weighted by molar-refractivity contribution is 5.98. The molecule has 1 unspecified atom stereocenters. The summed E-state index contributed by atoms with van der Waals surface area (Å²) in [6.07, 6.45) is 0.180. The lowest BCUT2D eigenvalue weighted by atomic mass is 10.0. The molecule has 2 N–H and O–H groups in total. The number of hydrogen-bond acceptors (Lipinski definition) is 4. The first-order chi connectivity index (χ1) is 13.8. The Bertz CT molecular complexity index is 875. The van der Waals surface area contributed by atoms with E-state index in [1.54, 1.807) is 25.1 Å². The lowest BCUT2D eigenvalue weighted by Gasteiger charge is -2.17. The molecule has 0 aliphatic rings. The van der Waals surface area contributed by atoms with E-state index in [0.29, 0.717) is 11.3 Å². The molecule has 0 heterocycles. The molecule has 0 spiro atoms. The van der Waals surface area contributed by atoms with Crippen LogP contribution in [0.15, 0.2) is 42.5 Å². The summed E-state index contributed by atoms with van der Waals surface area (Å²) < 4.78 is 5.68. The third-order valence-corrected chi connectivity index (χ3v) is 4.82. The molecule has 29 heavy (non-hydrogen) atoms.